The number of likely N-dealkylation sites (tertiary alicyclic amines) is 1. The van der Waals surface area contributed by atoms with Gasteiger partial charge in [-0.3, -0.25) is 9.59 Å². The van der Waals surface area contributed by atoms with Gasteiger partial charge in [0.05, 0.1) is 5.69 Å². The number of anilines is 1. The van der Waals surface area contributed by atoms with Crippen LogP contribution in [-0.2, 0) is 17.6 Å². The zero-order chi connectivity index (χ0) is 21.6. The van der Waals surface area contributed by atoms with E-state index in [2.05, 4.69) is 26.8 Å². The lowest BCUT2D eigenvalue weighted by atomic mass is 9.69. The van der Waals surface area contributed by atoms with E-state index >= 15 is 0 Å². The van der Waals surface area contributed by atoms with E-state index in [1.807, 2.05) is 0 Å². The van der Waals surface area contributed by atoms with Crippen LogP contribution in [0, 0.1) is 17.3 Å². The van der Waals surface area contributed by atoms with Crippen molar-refractivity contribution in [1.29, 1.82) is 0 Å². The summed E-state index contributed by atoms with van der Waals surface area (Å²) < 4.78 is 0. The molecule has 7 heteroatoms. The van der Waals surface area contributed by atoms with Gasteiger partial charge in [-0.1, -0.05) is 27.2 Å². The zero-order valence-electron chi connectivity index (χ0n) is 18.2. The van der Waals surface area contributed by atoms with Crippen LogP contribution < -0.4 is 11.5 Å². The van der Waals surface area contributed by atoms with Crippen LogP contribution in [0.25, 0.3) is 10.2 Å². The number of hydrogen-bond donors (Lipinski definition) is 2. The first-order valence-corrected chi connectivity index (χ1v) is 11.8. The Labute approximate surface area is 182 Å². The van der Waals surface area contributed by atoms with Gasteiger partial charge < -0.3 is 16.4 Å². The lowest BCUT2D eigenvalue weighted by Crippen LogP contribution is -2.41. The number of thiophene rings is 1. The van der Waals surface area contributed by atoms with Gasteiger partial charge in [-0.05, 0) is 55.1 Å². The van der Waals surface area contributed by atoms with Crippen molar-refractivity contribution in [3.8, 4) is 0 Å². The minimum absolute atomic E-state index is 0.0543. The number of hydrogen-bond acceptors (Lipinski definition) is 5. The number of piperidine rings is 1. The number of aromatic nitrogens is 1. The van der Waals surface area contributed by atoms with Gasteiger partial charge in [0, 0.05) is 30.1 Å². The van der Waals surface area contributed by atoms with E-state index in [4.69, 9.17) is 16.5 Å². The molecule has 2 aromatic heterocycles. The normalized spacial score (nSPS) is 20.4. The molecule has 0 unspecified atom stereocenters. The van der Waals surface area contributed by atoms with E-state index in [-0.39, 0.29) is 17.7 Å². The Bertz CT molecular complexity index is 989. The van der Waals surface area contributed by atoms with Gasteiger partial charge in [-0.25, -0.2) is 4.98 Å². The third-order valence-corrected chi connectivity index (χ3v) is 8.58. The average Bonchev–Trinajstić information content (AvgIpc) is 3.06. The van der Waals surface area contributed by atoms with Crippen LogP contribution in [0.1, 0.15) is 67.4 Å². The molecule has 0 saturated carbocycles. The molecule has 1 aliphatic carbocycles. The molecule has 3 heterocycles. The third-order valence-electron chi connectivity index (χ3n) is 7.48. The highest BCUT2D eigenvalue weighted by molar-refractivity contribution is 7.21. The second kappa shape index (κ2) is 7.84. The van der Waals surface area contributed by atoms with Crippen LogP contribution in [0.15, 0.2) is 6.07 Å². The van der Waals surface area contributed by atoms with Crippen molar-refractivity contribution in [2.45, 2.75) is 59.3 Å². The number of nitrogens with zero attached hydrogens (tertiary/aromatic N) is 2. The molecule has 2 aromatic rings. The van der Waals surface area contributed by atoms with E-state index < -0.39 is 0 Å². The van der Waals surface area contributed by atoms with Gasteiger partial charge >= 0.3 is 0 Å². The fourth-order valence-electron chi connectivity index (χ4n) is 4.82. The summed E-state index contributed by atoms with van der Waals surface area (Å²) in [4.78, 5) is 32.6. The molecule has 1 saturated heterocycles. The number of nitrogens with two attached hydrogens (primary N) is 2. The van der Waals surface area contributed by atoms with E-state index in [0.717, 1.165) is 41.6 Å². The Balaban J connectivity index is 1.59. The second-order valence-electron chi connectivity index (χ2n) is 9.54. The first-order valence-electron chi connectivity index (χ1n) is 11.0. The third kappa shape index (κ3) is 3.68. The number of carbonyl (C=O) groups excluding carboxylic acids is 2. The Hall–Kier alpha value is -2.15. The smallest absolute Gasteiger partial charge is 0.266 e. The van der Waals surface area contributed by atoms with Crippen molar-refractivity contribution >= 4 is 39.1 Å². The van der Waals surface area contributed by atoms with E-state index in [9.17, 15) is 9.59 Å². The van der Waals surface area contributed by atoms with E-state index in [1.54, 1.807) is 4.90 Å². The minimum Gasteiger partial charge on any atom is -0.397 e. The summed E-state index contributed by atoms with van der Waals surface area (Å²) in [5, 5.41) is 0.907. The predicted molar refractivity (Wildman–Crippen MR) is 121 cm³/mol. The lowest BCUT2D eigenvalue weighted by Gasteiger charge is -2.36. The predicted octanol–water partition coefficient (Wildman–Crippen LogP) is 3.76. The summed E-state index contributed by atoms with van der Waals surface area (Å²) in [6.45, 7) is 8.05. The fourth-order valence-corrected chi connectivity index (χ4v) is 5.88. The number of pyridine rings is 1. The van der Waals surface area contributed by atoms with Gasteiger partial charge in [0.1, 0.15) is 9.71 Å². The molecule has 6 nitrogen and oxygen atoms in total. The lowest BCUT2D eigenvalue weighted by molar-refractivity contribution is -0.123. The summed E-state index contributed by atoms with van der Waals surface area (Å²) in [6, 6.07) is 2.18. The van der Waals surface area contributed by atoms with Crippen LogP contribution >= 0.6 is 11.3 Å². The highest BCUT2D eigenvalue weighted by Gasteiger charge is 2.33. The molecule has 2 amide bonds. The van der Waals surface area contributed by atoms with Crippen molar-refractivity contribution in [2.24, 2.45) is 23.0 Å². The molecule has 0 spiro atoms. The highest BCUT2D eigenvalue weighted by atomic mass is 32.1. The molecular weight excluding hydrogens is 396 g/mol. The summed E-state index contributed by atoms with van der Waals surface area (Å²) in [5.74, 6) is 0.175. The molecule has 0 radical (unpaired) electrons. The largest absolute Gasteiger partial charge is 0.397 e. The number of nitrogen functional groups attached to an aromatic ring is 1. The van der Waals surface area contributed by atoms with Crippen molar-refractivity contribution < 1.29 is 9.59 Å². The van der Waals surface area contributed by atoms with Gasteiger partial charge in [0.25, 0.3) is 5.91 Å². The van der Waals surface area contributed by atoms with Crippen LogP contribution in [0.3, 0.4) is 0 Å². The summed E-state index contributed by atoms with van der Waals surface area (Å²) in [7, 11) is 0. The maximum absolute atomic E-state index is 13.1. The SMILES string of the molecule is CCC(C)(C)[C@@H]1CCc2nc3sc(C(=O)N4CCC(C(N)=O)CC4)c(N)c3cc2C1. The molecule has 0 aromatic carbocycles. The highest BCUT2D eigenvalue weighted by Crippen LogP contribution is 2.42. The van der Waals surface area contributed by atoms with Crippen molar-refractivity contribution in [2.75, 3.05) is 18.8 Å². The minimum atomic E-state index is -0.275. The van der Waals surface area contributed by atoms with Gasteiger partial charge in [-0.2, -0.15) is 0 Å². The van der Waals surface area contributed by atoms with E-state index in [0.29, 0.717) is 47.8 Å². The van der Waals surface area contributed by atoms with Gasteiger partial charge in [0.15, 0.2) is 0 Å². The molecule has 4 N–H and O–H groups in total. The van der Waals surface area contributed by atoms with Crippen molar-refractivity contribution in [3.63, 3.8) is 0 Å². The molecule has 1 atom stereocenters. The van der Waals surface area contributed by atoms with Gasteiger partial charge in [0.2, 0.25) is 5.91 Å². The Morgan fingerprint density at radius 2 is 1.97 bits per heavy atom. The quantitative estimate of drug-likeness (QED) is 0.774. The number of primary amides is 1. The molecule has 1 aliphatic heterocycles. The Morgan fingerprint density at radius 1 is 1.27 bits per heavy atom. The Kier molecular flexibility index (Phi) is 5.51. The Morgan fingerprint density at radius 3 is 2.60 bits per heavy atom. The molecule has 0 bridgehead atoms. The maximum Gasteiger partial charge on any atom is 0.266 e. The topological polar surface area (TPSA) is 102 Å². The monoisotopic (exact) mass is 428 g/mol. The molecular formula is C23H32N4O2S. The summed E-state index contributed by atoms with van der Waals surface area (Å²) >= 11 is 1.40. The first kappa shape index (κ1) is 21.1. The van der Waals surface area contributed by atoms with Crippen molar-refractivity contribution in [1.82, 2.24) is 9.88 Å². The second-order valence-corrected chi connectivity index (χ2v) is 10.5. The number of carbonyl (C=O) groups is 2. The average molecular weight is 429 g/mol. The van der Waals surface area contributed by atoms with Crippen LogP contribution in [0.2, 0.25) is 0 Å². The summed E-state index contributed by atoms with van der Waals surface area (Å²) in [6.07, 6.45) is 5.57. The summed E-state index contributed by atoms with van der Waals surface area (Å²) in [5.41, 5.74) is 15.2. The van der Waals surface area contributed by atoms with E-state index in [1.165, 1.54) is 16.9 Å². The number of rotatable bonds is 4. The fraction of sp³-hybridized carbons (Fsp3) is 0.609. The zero-order valence-corrected chi connectivity index (χ0v) is 19.0. The molecule has 162 valence electrons. The standard InChI is InChI=1S/C23H32N4O2S/c1-4-23(2,3)15-5-6-17-14(11-15)12-16-18(24)19(30-21(16)26-17)22(29)27-9-7-13(8-10-27)20(25)28/h12-13,15H,4-11,24H2,1-3H3,(H2,25,28)/t15-/m1/s1. The molecule has 1 fully saturated rings. The van der Waals surface area contributed by atoms with Gasteiger partial charge in [-0.15, -0.1) is 11.3 Å². The number of amides is 2. The van der Waals surface area contributed by atoms with Crippen LogP contribution in [-0.4, -0.2) is 34.8 Å². The number of aryl methyl sites for hydroxylation is 1. The van der Waals surface area contributed by atoms with Crippen LogP contribution in [0.4, 0.5) is 5.69 Å². The molecule has 4 rings (SSSR count). The van der Waals surface area contributed by atoms with Crippen molar-refractivity contribution in [3.05, 3.63) is 22.2 Å². The van der Waals surface area contributed by atoms with Crippen LogP contribution in [0.5, 0.6) is 0 Å². The molecule has 2 aliphatic rings. The number of fused-ring (bicyclic) bond motifs is 2. The molecule has 30 heavy (non-hydrogen) atoms. The first-order chi connectivity index (χ1) is 14.2. The maximum atomic E-state index is 13.1.